The van der Waals surface area contributed by atoms with Gasteiger partial charge in [-0.2, -0.15) is 0 Å². The van der Waals surface area contributed by atoms with Gasteiger partial charge in [-0.05, 0) is 0 Å². The number of aliphatic imine (C=N–C) groups is 1. The molecule has 2 aromatic carbocycles. The van der Waals surface area contributed by atoms with Crippen molar-refractivity contribution in [3.8, 4) is 0 Å². The summed E-state index contributed by atoms with van der Waals surface area (Å²) >= 11 is 0.295. The van der Waals surface area contributed by atoms with Crippen LogP contribution in [0.4, 0.5) is 5.69 Å². The summed E-state index contributed by atoms with van der Waals surface area (Å²) in [4.78, 5) is 26.4. The minimum absolute atomic E-state index is 0.00121. The van der Waals surface area contributed by atoms with Gasteiger partial charge in [-0.25, -0.2) is 0 Å². The Balaban J connectivity index is 1.82. The van der Waals surface area contributed by atoms with E-state index < -0.39 is 20.1 Å². The Bertz CT molecular complexity index is 1050. The molecule has 28 heavy (non-hydrogen) atoms. The Labute approximate surface area is 176 Å². The van der Waals surface area contributed by atoms with Gasteiger partial charge in [0.05, 0.1) is 0 Å². The van der Waals surface area contributed by atoms with Gasteiger partial charge in [0.2, 0.25) is 0 Å². The second-order valence-corrected chi connectivity index (χ2v) is 12.8. The summed E-state index contributed by atoms with van der Waals surface area (Å²) in [5.41, 5.74) is 4.18. The van der Waals surface area contributed by atoms with E-state index in [4.69, 9.17) is 4.99 Å². The number of fused-ring (bicyclic) bond motifs is 2. The monoisotopic (exact) mass is 501 g/mol. The van der Waals surface area contributed by atoms with Gasteiger partial charge in [0.1, 0.15) is 0 Å². The number of hydrogen-bond acceptors (Lipinski definition) is 4. The zero-order valence-corrected chi connectivity index (χ0v) is 18.6. The number of halogens is 1. The first kappa shape index (κ1) is 19.1. The van der Waals surface area contributed by atoms with Gasteiger partial charge in [0.15, 0.2) is 0 Å². The van der Waals surface area contributed by atoms with E-state index >= 15 is 0 Å². The summed E-state index contributed by atoms with van der Waals surface area (Å²) in [6.45, 7) is 2.12. The van der Waals surface area contributed by atoms with Crippen LogP contribution in [0.3, 0.4) is 0 Å². The van der Waals surface area contributed by atoms with Crippen LogP contribution in [0.1, 0.15) is 28.5 Å². The van der Waals surface area contributed by atoms with Gasteiger partial charge in [0.25, 0.3) is 0 Å². The molecular weight excluding hydrogens is 481 g/mol. The molecule has 0 atom stereocenters. The van der Waals surface area contributed by atoms with Crippen molar-refractivity contribution in [1.82, 2.24) is 8.51 Å². The number of pyridine rings is 1. The van der Waals surface area contributed by atoms with Gasteiger partial charge in [-0.3, -0.25) is 0 Å². The predicted octanol–water partition coefficient (Wildman–Crippen LogP) is 5.52. The molecule has 0 unspecified atom stereocenters. The molecule has 0 fully saturated rings. The number of carbonyl (C=O) groups is 1. The predicted molar refractivity (Wildman–Crippen MR) is 124 cm³/mol. The summed E-state index contributed by atoms with van der Waals surface area (Å²) in [7, 11) is 0. The van der Waals surface area contributed by atoms with E-state index in [0.717, 1.165) is 36.9 Å². The van der Waals surface area contributed by atoms with E-state index in [1.54, 1.807) is 18.0 Å². The van der Waals surface area contributed by atoms with Crippen LogP contribution in [-0.2, 0) is 0 Å². The van der Waals surface area contributed by atoms with Crippen molar-refractivity contribution in [2.45, 2.75) is 16.7 Å². The molecule has 0 bridgehead atoms. The molecule has 0 saturated carbocycles. The molecule has 0 saturated heterocycles. The molecule has 1 aliphatic rings. The number of benzene rings is 2. The Morgan fingerprint density at radius 2 is 1.89 bits per heavy atom. The second-order valence-electron chi connectivity index (χ2n) is 6.24. The fourth-order valence-electron chi connectivity index (χ4n) is 2.85. The summed E-state index contributed by atoms with van der Waals surface area (Å²) in [5, 5.41) is 0. The average molecular weight is 501 g/mol. The molecule has 0 spiro atoms. The average Bonchev–Trinajstić information content (AvgIpc) is 2.90. The fourth-order valence-corrected chi connectivity index (χ4v) is 5.38. The second kappa shape index (κ2) is 8.45. The number of amides is 1. The van der Waals surface area contributed by atoms with E-state index in [9.17, 15) is 4.79 Å². The van der Waals surface area contributed by atoms with Crippen molar-refractivity contribution in [2.24, 2.45) is 4.99 Å². The van der Waals surface area contributed by atoms with Crippen LogP contribution < -0.4 is 3.53 Å². The number of nitrogens with one attached hydrogen (secondary N) is 1. The number of hydrogen-bond donors (Lipinski definition) is 1. The van der Waals surface area contributed by atoms with Crippen molar-refractivity contribution in [3.05, 3.63) is 83.7 Å². The SMILES string of the molecule is CCI(C)NC(=O)c1ccc2c(c1)N=C(c1ccccn1)c1ccccc1S2. The molecule has 0 radical (unpaired) electrons. The van der Waals surface area contributed by atoms with Crippen LogP contribution in [0.2, 0.25) is 0 Å². The standard InChI is InChI=1S/C22H20IN3OS/c1-3-23(2)26-22(27)15-11-12-20-18(14-15)25-21(17-9-6-7-13-24-17)16-8-4-5-10-19(16)28-20/h4-14H,3H2,1-2H3,(H,26,27). The van der Waals surface area contributed by atoms with Gasteiger partial charge >= 0.3 is 177 Å². The quantitative estimate of drug-likeness (QED) is 0.228. The molecule has 6 heteroatoms. The number of aromatic nitrogens is 1. The molecule has 4 nitrogen and oxygen atoms in total. The Morgan fingerprint density at radius 3 is 2.68 bits per heavy atom. The molecule has 1 N–H and O–H groups in total. The third-order valence-corrected chi connectivity index (χ3v) is 9.21. The van der Waals surface area contributed by atoms with Crippen LogP contribution in [0.25, 0.3) is 0 Å². The molecule has 2 heterocycles. The number of alkyl halides is 2. The molecular formula is C22H20IN3OS. The maximum absolute atomic E-state index is 12.6. The van der Waals surface area contributed by atoms with Crippen molar-refractivity contribution in [3.63, 3.8) is 0 Å². The molecule has 0 aliphatic carbocycles. The Kier molecular flexibility index (Phi) is 5.77. The van der Waals surface area contributed by atoms with Crippen molar-refractivity contribution >= 4 is 49.2 Å². The number of nitrogens with zero attached hydrogens (tertiary/aromatic N) is 2. The topological polar surface area (TPSA) is 54.4 Å². The summed E-state index contributed by atoms with van der Waals surface area (Å²) in [6.07, 6.45) is 1.78. The van der Waals surface area contributed by atoms with Crippen LogP contribution >= 0.6 is 31.9 Å². The molecule has 1 aliphatic heterocycles. The first-order chi connectivity index (χ1) is 13.7. The maximum atomic E-state index is 12.6. The molecule has 3 aromatic rings. The van der Waals surface area contributed by atoms with Crippen molar-refractivity contribution in [1.29, 1.82) is 0 Å². The summed E-state index contributed by atoms with van der Waals surface area (Å²) < 4.78 is 4.23. The third-order valence-electron chi connectivity index (χ3n) is 4.37. The molecule has 1 aromatic heterocycles. The Hall–Kier alpha value is -2.19. The molecule has 142 valence electrons. The normalized spacial score (nSPS) is 12.9. The first-order valence-electron chi connectivity index (χ1n) is 8.94. The van der Waals surface area contributed by atoms with Crippen molar-refractivity contribution in [2.75, 3.05) is 9.36 Å². The number of rotatable bonds is 4. The molecule has 4 rings (SSSR count). The van der Waals surface area contributed by atoms with Crippen LogP contribution in [0, 0.1) is 0 Å². The van der Waals surface area contributed by atoms with Gasteiger partial charge in [-0.1, -0.05) is 0 Å². The van der Waals surface area contributed by atoms with Crippen LogP contribution in [-0.4, -0.2) is 26.0 Å². The van der Waals surface area contributed by atoms with E-state index in [-0.39, 0.29) is 5.91 Å². The van der Waals surface area contributed by atoms with Crippen LogP contribution in [0.5, 0.6) is 0 Å². The molecule has 1 amide bonds. The zero-order chi connectivity index (χ0) is 19.5. The van der Waals surface area contributed by atoms with Crippen molar-refractivity contribution < 1.29 is 4.79 Å². The number of carbonyl (C=O) groups excluding carboxylic acids is 1. The van der Waals surface area contributed by atoms with E-state index in [1.165, 1.54) is 0 Å². The zero-order valence-electron chi connectivity index (χ0n) is 15.6. The van der Waals surface area contributed by atoms with E-state index in [0.29, 0.717) is 5.56 Å². The first-order valence-corrected chi connectivity index (χ1v) is 14.5. The summed E-state index contributed by atoms with van der Waals surface area (Å²) in [5.74, 6) is -0.00121. The van der Waals surface area contributed by atoms with Crippen LogP contribution in [0.15, 0.2) is 81.6 Å². The van der Waals surface area contributed by atoms with Gasteiger partial charge in [-0.15, -0.1) is 0 Å². The van der Waals surface area contributed by atoms with Gasteiger partial charge < -0.3 is 0 Å². The Morgan fingerprint density at radius 1 is 1.07 bits per heavy atom. The minimum atomic E-state index is -1.38. The summed E-state index contributed by atoms with van der Waals surface area (Å²) in [6, 6.07) is 19.8. The third kappa shape index (κ3) is 3.98. The fraction of sp³-hybridized carbons (Fsp3) is 0.136. The van der Waals surface area contributed by atoms with E-state index in [1.807, 2.05) is 48.5 Å². The van der Waals surface area contributed by atoms with E-state index in [2.05, 4.69) is 32.5 Å². The van der Waals surface area contributed by atoms with Gasteiger partial charge in [0, 0.05) is 0 Å².